The number of nitrogens with one attached hydrogen (secondary N) is 1. The average Bonchev–Trinajstić information content (AvgIpc) is 3.15. The molecule has 220 valence electrons. The van der Waals surface area contributed by atoms with Gasteiger partial charge in [-0.2, -0.15) is 0 Å². The zero-order valence-electron chi connectivity index (χ0n) is 22.2. The van der Waals surface area contributed by atoms with Gasteiger partial charge in [0.1, 0.15) is 6.04 Å². The van der Waals surface area contributed by atoms with E-state index in [0.29, 0.717) is 90.2 Å². The molecule has 3 N–H and O–H groups in total. The Morgan fingerprint density at radius 1 is 0.795 bits per heavy atom. The number of allylic oxidation sites excluding steroid dienone is 2. The Balaban J connectivity index is 0.00000533. The van der Waals surface area contributed by atoms with E-state index >= 15 is 0 Å². The number of halogens is 1. The summed E-state index contributed by atoms with van der Waals surface area (Å²) in [5, 5.41) is 2.21. The third kappa shape index (κ3) is 10.4. The molecule has 0 aromatic heterocycles. The zero-order valence-corrected chi connectivity index (χ0v) is 23.0. The van der Waals surface area contributed by atoms with Crippen LogP contribution >= 0.6 is 12.4 Å². The molecule has 2 unspecified atom stereocenters. The molecule has 39 heavy (non-hydrogen) atoms. The molecule has 0 aromatic rings. The first-order valence-corrected chi connectivity index (χ1v) is 13.3. The molecule has 2 atom stereocenters. The summed E-state index contributed by atoms with van der Waals surface area (Å²) in [7, 11) is 0. The van der Waals surface area contributed by atoms with Crippen LogP contribution in [0.25, 0.3) is 0 Å². The van der Waals surface area contributed by atoms with Crippen LogP contribution in [0.15, 0.2) is 23.3 Å². The van der Waals surface area contributed by atoms with Crippen molar-refractivity contribution in [1.29, 1.82) is 0 Å². The third-order valence-corrected chi connectivity index (χ3v) is 6.35. The number of fused-ring (bicyclic) bond motifs is 1. The maximum atomic E-state index is 12.9. The van der Waals surface area contributed by atoms with Crippen molar-refractivity contribution in [1.82, 2.24) is 10.2 Å². The van der Waals surface area contributed by atoms with E-state index < -0.39 is 23.8 Å². The molecule has 0 spiro atoms. The molecule has 0 bridgehead atoms. The molecule has 2 fully saturated rings. The van der Waals surface area contributed by atoms with Crippen LogP contribution in [0.5, 0.6) is 0 Å². The summed E-state index contributed by atoms with van der Waals surface area (Å²) in [5.41, 5.74) is 6.04. The summed E-state index contributed by atoms with van der Waals surface area (Å²) in [6.07, 6.45) is 6.15. The lowest BCUT2D eigenvalue weighted by Crippen LogP contribution is -2.54. The Hall–Kier alpha value is -2.19. The van der Waals surface area contributed by atoms with E-state index in [2.05, 4.69) is 5.32 Å². The van der Waals surface area contributed by atoms with Crippen molar-refractivity contribution in [2.24, 2.45) is 11.7 Å². The molecule has 4 amide bonds. The molecule has 0 aromatic carbocycles. The van der Waals surface area contributed by atoms with Crippen LogP contribution in [-0.2, 0) is 42.9 Å². The van der Waals surface area contributed by atoms with Gasteiger partial charge in [-0.05, 0) is 31.6 Å². The highest BCUT2D eigenvalue weighted by atomic mass is 35.5. The fraction of sp³-hybridized carbons (Fsp3) is 0.692. The fourth-order valence-corrected chi connectivity index (χ4v) is 4.44. The van der Waals surface area contributed by atoms with E-state index in [-0.39, 0.29) is 37.1 Å². The number of hydrogen-bond donors (Lipinski definition) is 2. The highest BCUT2D eigenvalue weighted by Gasteiger charge is 2.47. The van der Waals surface area contributed by atoms with Crippen molar-refractivity contribution < 1.29 is 42.9 Å². The van der Waals surface area contributed by atoms with Crippen LogP contribution < -0.4 is 11.1 Å². The summed E-state index contributed by atoms with van der Waals surface area (Å²) in [6, 6.07) is -0.938. The van der Waals surface area contributed by atoms with Gasteiger partial charge < -0.3 is 29.4 Å². The van der Waals surface area contributed by atoms with E-state index in [1.807, 2.05) is 6.08 Å². The lowest BCUT2D eigenvalue weighted by molar-refractivity contribution is -0.149. The zero-order chi connectivity index (χ0) is 27.2. The van der Waals surface area contributed by atoms with Crippen LogP contribution in [0.1, 0.15) is 32.1 Å². The monoisotopic (exact) mass is 573 g/mol. The van der Waals surface area contributed by atoms with Crippen molar-refractivity contribution in [2.75, 3.05) is 72.6 Å². The maximum Gasteiger partial charge on any atom is 0.261 e. The van der Waals surface area contributed by atoms with Crippen LogP contribution in [0.4, 0.5) is 0 Å². The smallest absolute Gasteiger partial charge is 0.261 e. The first kappa shape index (κ1) is 33.0. The molecule has 3 rings (SSSR count). The van der Waals surface area contributed by atoms with Crippen LogP contribution in [0.2, 0.25) is 0 Å². The number of imide groups is 2. The summed E-state index contributed by atoms with van der Waals surface area (Å²) in [4.78, 5) is 50.3. The van der Waals surface area contributed by atoms with Gasteiger partial charge in [-0.1, -0.05) is 12.2 Å². The average molecular weight is 574 g/mol. The highest BCUT2D eigenvalue weighted by molar-refractivity contribution is 6.26. The van der Waals surface area contributed by atoms with E-state index in [1.165, 1.54) is 0 Å². The van der Waals surface area contributed by atoms with Gasteiger partial charge in [0, 0.05) is 30.7 Å². The molecular formula is C26H40ClN3O9. The summed E-state index contributed by atoms with van der Waals surface area (Å²) < 4.78 is 27.1. The molecule has 1 aliphatic carbocycles. The van der Waals surface area contributed by atoms with Crippen molar-refractivity contribution >= 4 is 36.0 Å². The second kappa shape index (κ2) is 18.2. The molecule has 2 saturated heterocycles. The summed E-state index contributed by atoms with van der Waals surface area (Å²) >= 11 is 0. The number of hydrogen-bond acceptors (Lipinski definition) is 10. The predicted molar refractivity (Wildman–Crippen MR) is 142 cm³/mol. The van der Waals surface area contributed by atoms with Crippen molar-refractivity contribution in [3.8, 4) is 0 Å². The lowest BCUT2D eigenvalue weighted by atomic mass is 9.89. The van der Waals surface area contributed by atoms with Crippen LogP contribution in [0.3, 0.4) is 0 Å². The Labute approximate surface area is 234 Å². The summed E-state index contributed by atoms with van der Waals surface area (Å²) in [5.74, 6) is -1.79. The minimum absolute atomic E-state index is 0. The van der Waals surface area contributed by atoms with E-state index in [9.17, 15) is 19.2 Å². The quantitative estimate of drug-likeness (QED) is 0.162. The van der Waals surface area contributed by atoms with Crippen LogP contribution in [-0.4, -0.2) is 107 Å². The maximum absolute atomic E-state index is 12.9. The molecule has 12 nitrogen and oxygen atoms in total. The number of amides is 4. The summed E-state index contributed by atoms with van der Waals surface area (Å²) in [6.45, 7) is 5.60. The Morgan fingerprint density at radius 3 is 1.90 bits per heavy atom. The van der Waals surface area contributed by atoms with E-state index in [0.717, 1.165) is 17.7 Å². The molecule has 3 aliphatic rings. The standard InChI is InChI=1S/C26H39N3O9.ClH/c27-7-9-35-11-13-37-15-17-38-16-14-36-12-10-34-8-1-2-19-3-4-20-21(18-19)26(33)29(25(20)32)22-5-6-23(30)28-24(22)31;/h4,18-19,22H,1-3,5-17,27H2,(H,28,30,31);1H. The largest absolute Gasteiger partial charge is 0.379 e. The second-order valence-corrected chi connectivity index (χ2v) is 9.13. The number of nitrogens with two attached hydrogens (primary N) is 1. The Kier molecular flexibility index (Phi) is 15.4. The van der Waals surface area contributed by atoms with Gasteiger partial charge in [0.2, 0.25) is 11.8 Å². The SMILES string of the molecule is Cl.NCCOCCOCCOCCOCCOCCCC1C=C2C(=O)N(C3CCC(=O)NC3=O)C(=O)C2=CC1. The van der Waals surface area contributed by atoms with Gasteiger partial charge in [-0.15, -0.1) is 12.4 Å². The molecule has 2 aliphatic heterocycles. The van der Waals surface area contributed by atoms with Crippen LogP contribution in [0, 0.1) is 5.92 Å². The first-order chi connectivity index (χ1) is 18.5. The Bertz CT molecular complexity index is 896. The minimum Gasteiger partial charge on any atom is -0.379 e. The van der Waals surface area contributed by atoms with Crippen molar-refractivity contribution in [3.05, 3.63) is 23.3 Å². The van der Waals surface area contributed by atoms with Gasteiger partial charge in [0.25, 0.3) is 11.8 Å². The second-order valence-electron chi connectivity index (χ2n) is 9.13. The number of piperidine rings is 1. The van der Waals surface area contributed by atoms with Gasteiger partial charge in [0.05, 0.1) is 59.5 Å². The molecule has 0 saturated carbocycles. The number of ether oxygens (including phenoxy) is 5. The van der Waals surface area contributed by atoms with Gasteiger partial charge in [-0.25, -0.2) is 0 Å². The van der Waals surface area contributed by atoms with Gasteiger partial charge in [-0.3, -0.25) is 29.4 Å². The lowest BCUT2D eigenvalue weighted by Gasteiger charge is -2.27. The number of likely N-dealkylation sites (tertiary alicyclic amines) is 1. The molecule has 0 radical (unpaired) electrons. The first-order valence-electron chi connectivity index (χ1n) is 13.3. The topological polar surface area (TPSA) is 156 Å². The van der Waals surface area contributed by atoms with E-state index in [1.54, 1.807) is 6.08 Å². The van der Waals surface area contributed by atoms with Crippen molar-refractivity contribution in [2.45, 2.75) is 38.1 Å². The number of carbonyl (C=O) groups is 4. The molecule has 2 heterocycles. The Morgan fingerprint density at radius 2 is 1.33 bits per heavy atom. The predicted octanol–water partition coefficient (Wildman–Crippen LogP) is 0.277. The third-order valence-electron chi connectivity index (χ3n) is 6.35. The van der Waals surface area contributed by atoms with Gasteiger partial charge in [0.15, 0.2) is 0 Å². The number of rotatable bonds is 19. The molecule has 13 heteroatoms. The highest BCUT2D eigenvalue weighted by Crippen LogP contribution is 2.35. The number of nitrogens with zero attached hydrogens (tertiary/aromatic N) is 1. The van der Waals surface area contributed by atoms with Crippen molar-refractivity contribution in [3.63, 3.8) is 0 Å². The minimum atomic E-state index is -0.938. The van der Waals surface area contributed by atoms with E-state index in [4.69, 9.17) is 29.4 Å². The fourth-order valence-electron chi connectivity index (χ4n) is 4.44. The van der Waals surface area contributed by atoms with Gasteiger partial charge >= 0.3 is 0 Å². The normalized spacial score (nSPS) is 20.9. The molecular weight excluding hydrogens is 534 g/mol. The number of carbonyl (C=O) groups excluding carboxylic acids is 4.